The summed E-state index contributed by atoms with van der Waals surface area (Å²) in [5.41, 5.74) is 1.68. The van der Waals surface area contributed by atoms with Gasteiger partial charge in [-0.1, -0.05) is 87.9 Å². The molecule has 0 saturated carbocycles. The van der Waals surface area contributed by atoms with Crippen LogP contribution in [0, 0.1) is 18.8 Å². The van der Waals surface area contributed by atoms with E-state index in [1.54, 1.807) is 25.7 Å². The van der Waals surface area contributed by atoms with Gasteiger partial charge in [0, 0.05) is 11.7 Å². The van der Waals surface area contributed by atoms with Gasteiger partial charge in [0.05, 0.1) is 0 Å². The summed E-state index contributed by atoms with van der Waals surface area (Å²) < 4.78 is 5.51. The molecule has 0 aliphatic rings. The van der Waals surface area contributed by atoms with Crippen LogP contribution in [0.5, 0.6) is 0 Å². The Morgan fingerprint density at radius 1 is 0.837 bits per heavy atom. The second-order valence-corrected chi connectivity index (χ2v) is 13.3. The van der Waals surface area contributed by atoms with E-state index >= 15 is 0 Å². The Morgan fingerprint density at radius 3 is 2.05 bits per heavy atom. The molecule has 3 amide bonds. The van der Waals surface area contributed by atoms with Crippen molar-refractivity contribution in [1.29, 1.82) is 0 Å². The summed E-state index contributed by atoms with van der Waals surface area (Å²) in [6, 6.07) is 19.4. The molecular weight excluding hydrogens is 538 g/mol. The van der Waals surface area contributed by atoms with Gasteiger partial charge >= 0.3 is 6.09 Å². The predicted molar refractivity (Wildman–Crippen MR) is 175 cm³/mol. The van der Waals surface area contributed by atoms with E-state index in [9.17, 15) is 14.4 Å². The summed E-state index contributed by atoms with van der Waals surface area (Å²) in [4.78, 5) is 43.4. The van der Waals surface area contributed by atoms with E-state index in [-0.39, 0.29) is 23.8 Å². The van der Waals surface area contributed by atoms with Gasteiger partial charge in [0.2, 0.25) is 5.91 Å². The summed E-state index contributed by atoms with van der Waals surface area (Å²) in [5, 5.41) is 7.99. The van der Waals surface area contributed by atoms with Gasteiger partial charge in [-0.2, -0.15) is 0 Å². The minimum absolute atomic E-state index is 0.248. The number of rotatable bonds is 11. The van der Waals surface area contributed by atoms with Crippen LogP contribution in [-0.4, -0.2) is 40.5 Å². The summed E-state index contributed by atoms with van der Waals surface area (Å²) in [5.74, 6) is -0.466. The Bertz CT molecular complexity index is 1390. The second-order valence-electron chi connectivity index (χ2n) is 13.3. The smallest absolute Gasteiger partial charge is 0.408 e. The molecule has 0 saturated heterocycles. The van der Waals surface area contributed by atoms with Crippen LogP contribution in [0.15, 0.2) is 66.7 Å². The van der Waals surface area contributed by atoms with Crippen molar-refractivity contribution in [3.05, 3.63) is 77.9 Å². The van der Waals surface area contributed by atoms with Crippen LogP contribution in [-0.2, 0) is 14.3 Å². The first-order valence-corrected chi connectivity index (χ1v) is 15.3. The van der Waals surface area contributed by atoms with Gasteiger partial charge in [-0.3, -0.25) is 9.59 Å². The third-order valence-corrected chi connectivity index (χ3v) is 7.43. The first-order chi connectivity index (χ1) is 20.2. The highest BCUT2D eigenvalue weighted by molar-refractivity contribution is 6.00. The third kappa shape index (κ3) is 9.57. The summed E-state index contributed by atoms with van der Waals surface area (Å²) in [6.45, 7) is 17.4. The predicted octanol–water partition coefficient (Wildman–Crippen LogP) is 8.03. The van der Waals surface area contributed by atoms with Gasteiger partial charge in [-0.25, -0.2) is 4.79 Å². The highest BCUT2D eigenvalue weighted by Crippen LogP contribution is 2.30. The number of benzene rings is 3. The first-order valence-electron chi connectivity index (χ1n) is 15.3. The molecule has 0 radical (unpaired) electrons. The zero-order chi connectivity index (χ0) is 31.9. The number of aryl methyl sites for hydroxylation is 1. The molecule has 3 unspecified atom stereocenters. The van der Waals surface area contributed by atoms with Crippen molar-refractivity contribution in [2.75, 3.05) is 5.32 Å². The molecule has 0 aliphatic carbocycles. The number of amides is 3. The number of anilines is 1. The highest BCUT2D eigenvalue weighted by Gasteiger charge is 2.40. The lowest BCUT2D eigenvalue weighted by Crippen LogP contribution is -2.56. The number of nitrogens with one attached hydrogen (secondary N) is 2. The molecule has 0 aromatic heterocycles. The van der Waals surface area contributed by atoms with Crippen molar-refractivity contribution in [3.8, 4) is 0 Å². The Labute approximate surface area is 257 Å². The molecule has 0 bridgehead atoms. The fourth-order valence-corrected chi connectivity index (χ4v) is 5.09. The lowest BCUT2D eigenvalue weighted by atomic mass is 9.94. The quantitative estimate of drug-likeness (QED) is 0.238. The van der Waals surface area contributed by atoms with E-state index in [0.717, 1.165) is 22.8 Å². The van der Waals surface area contributed by atoms with Gasteiger partial charge in [-0.15, -0.1) is 0 Å². The Balaban J connectivity index is 2.08. The summed E-state index contributed by atoms with van der Waals surface area (Å²) in [6.07, 6.45) is 0.914. The number of alkyl carbamates (subject to hydrolysis) is 1. The fraction of sp³-hybridized carbons (Fsp3) is 0.472. The van der Waals surface area contributed by atoms with Crippen LogP contribution in [0.4, 0.5) is 10.5 Å². The summed E-state index contributed by atoms with van der Waals surface area (Å²) >= 11 is 0. The number of fused-ring (bicyclic) bond motifs is 1. The molecule has 7 nitrogen and oxygen atoms in total. The lowest BCUT2D eigenvalue weighted by Gasteiger charge is -2.39. The topological polar surface area (TPSA) is 87.7 Å². The Morgan fingerprint density at radius 2 is 1.47 bits per heavy atom. The molecular formula is C36H49N3O4. The maximum Gasteiger partial charge on any atom is 0.408 e. The average Bonchev–Trinajstić information content (AvgIpc) is 2.92. The van der Waals surface area contributed by atoms with Crippen molar-refractivity contribution in [2.24, 2.45) is 11.8 Å². The number of ether oxygens (including phenoxy) is 1. The van der Waals surface area contributed by atoms with Crippen molar-refractivity contribution in [2.45, 2.75) is 98.9 Å². The molecule has 232 valence electrons. The van der Waals surface area contributed by atoms with E-state index in [1.807, 2.05) is 94.4 Å². The number of hydrogen-bond acceptors (Lipinski definition) is 4. The standard InChI is InChI=1S/C36H49N3O4/c1-23(2)14-17-26(6)39(34(41)31(24(3)4)38-35(42)43-36(7,8)9)32(28-18-15-25(5)16-19-28)33(40)37-30-21-20-27-12-10-11-13-29(27)22-30/h10-13,15-16,18-24,26,31-32H,14,17H2,1-9H3,(H,37,40)(H,38,42). The maximum atomic E-state index is 14.6. The molecule has 3 aromatic rings. The summed E-state index contributed by atoms with van der Waals surface area (Å²) in [7, 11) is 0. The van der Waals surface area contributed by atoms with Crippen molar-refractivity contribution >= 4 is 34.4 Å². The molecule has 3 rings (SSSR count). The first kappa shape index (κ1) is 33.6. The molecule has 7 heteroatoms. The molecule has 43 heavy (non-hydrogen) atoms. The van der Waals surface area contributed by atoms with Crippen LogP contribution >= 0.6 is 0 Å². The SMILES string of the molecule is Cc1ccc(C(C(=O)Nc2ccc3ccccc3c2)N(C(=O)C(NC(=O)OC(C)(C)C)C(C)C)C(C)CCC(C)C)cc1. The second kappa shape index (κ2) is 14.5. The van der Waals surface area contributed by atoms with Crippen LogP contribution in [0.25, 0.3) is 10.8 Å². The van der Waals surface area contributed by atoms with E-state index in [1.165, 1.54) is 0 Å². The van der Waals surface area contributed by atoms with Crippen LogP contribution in [0.2, 0.25) is 0 Å². The van der Waals surface area contributed by atoms with E-state index in [4.69, 9.17) is 4.74 Å². The molecule has 3 aromatic carbocycles. The third-order valence-electron chi connectivity index (χ3n) is 7.43. The highest BCUT2D eigenvalue weighted by atomic mass is 16.6. The van der Waals surface area contributed by atoms with Gasteiger partial charge < -0.3 is 20.3 Å². The average molecular weight is 588 g/mol. The van der Waals surface area contributed by atoms with E-state index in [2.05, 4.69) is 24.5 Å². The van der Waals surface area contributed by atoms with Crippen LogP contribution in [0.3, 0.4) is 0 Å². The largest absolute Gasteiger partial charge is 0.444 e. The fourth-order valence-electron chi connectivity index (χ4n) is 5.09. The lowest BCUT2D eigenvalue weighted by molar-refractivity contribution is -0.144. The molecule has 3 atom stereocenters. The Hall–Kier alpha value is -3.87. The van der Waals surface area contributed by atoms with E-state index < -0.39 is 23.8 Å². The van der Waals surface area contributed by atoms with Crippen molar-refractivity contribution in [3.63, 3.8) is 0 Å². The molecule has 0 heterocycles. The zero-order valence-corrected chi connectivity index (χ0v) is 27.2. The minimum atomic E-state index is -0.927. The maximum absolute atomic E-state index is 14.6. The number of carbonyl (C=O) groups is 3. The Kier molecular flexibility index (Phi) is 11.4. The van der Waals surface area contributed by atoms with Gasteiger partial charge in [0.1, 0.15) is 17.7 Å². The van der Waals surface area contributed by atoms with Crippen LogP contribution in [0.1, 0.15) is 85.4 Å². The molecule has 2 N–H and O–H groups in total. The monoisotopic (exact) mass is 587 g/mol. The van der Waals surface area contributed by atoms with Gasteiger partial charge in [0.25, 0.3) is 5.91 Å². The zero-order valence-electron chi connectivity index (χ0n) is 27.2. The molecule has 0 aliphatic heterocycles. The normalized spacial score (nSPS) is 13.8. The molecule has 0 spiro atoms. The minimum Gasteiger partial charge on any atom is -0.444 e. The van der Waals surface area contributed by atoms with Gasteiger partial charge in [0.15, 0.2) is 0 Å². The van der Waals surface area contributed by atoms with E-state index in [0.29, 0.717) is 23.6 Å². The number of carbonyl (C=O) groups excluding carboxylic acids is 3. The van der Waals surface area contributed by atoms with Crippen molar-refractivity contribution < 1.29 is 19.1 Å². The van der Waals surface area contributed by atoms with Gasteiger partial charge in [-0.05, 0) is 87.8 Å². The number of hydrogen-bond donors (Lipinski definition) is 2. The molecule has 0 fully saturated rings. The number of nitrogens with zero attached hydrogens (tertiary/aromatic N) is 1. The van der Waals surface area contributed by atoms with Crippen molar-refractivity contribution in [1.82, 2.24) is 10.2 Å². The van der Waals surface area contributed by atoms with Crippen LogP contribution < -0.4 is 10.6 Å².